The van der Waals surface area contributed by atoms with Crippen LogP contribution in [0.1, 0.15) is 5.56 Å². The Hall–Kier alpha value is -3.27. The summed E-state index contributed by atoms with van der Waals surface area (Å²) in [4.78, 5) is 22.7. The second-order valence-corrected chi connectivity index (χ2v) is 7.23. The van der Waals surface area contributed by atoms with Gasteiger partial charge in [0.05, 0.1) is 18.5 Å². The molecule has 11 heteroatoms. The fourth-order valence-corrected chi connectivity index (χ4v) is 2.97. The Morgan fingerprint density at radius 1 is 1.06 bits per heavy atom. The minimum atomic E-state index is -1.82. The van der Waals surface area contributed by atoms with E-state index in [-0.39, 0.29) is 5.75 Å². The van der Waals surface area contributed by atoms with E-state index in [1.54, 1.807) is 31.5 Å². The first-order chi connectivity index (χ1) is 15.2. The van der Waals surface area contributed by atoms with Crippen molar-refractivity contribution in [3.05, 3.63) is 64.3 Å². The van der Waals surface area contributed by atoms with Gasteiger partial charge in [-0.05, 0) is 35.9 Å². The number of hydrogen-bond acceptors (Lipinski definition) is 6. The Morgan fingerprint density at radius 3 is 2.28 bits per heavy atom. The highest BCUT2D eigenvalue weighted by atomic mass is 35.5. The number of anilines is 1. The second kappa shape index (κ2) is 11.9. The third-order valence-electron chi connectivity index (χ3n) is 4.18. The first-order valence-corrected chi connectivity index (χ1v) is 9.96. The standard InChI is InChI=1S/C19H19Cl2N3O2.C2H2O4/c1-26-9-8-24-17(13-2-4-15(20)5-3-13)12-23-19(24)22-11-14-10-16(21)6-7-18(14)25;3-1(4)2(5)6/h2-7,10,12,25H,8-9,11H2,1H3,(H,22,23);(H,3,4)(H,5,6). The smallest absolute Gasteiger partial charge is 0.414 e. The van der Waals surface area contributed by atoms with Crippen LogP contribution in [0.25, 0.3) is 11.3 Å². The van der Waals surface area contributed by atoms with Crippen LogP contribution in [-0.4, -0.2) is 50.5 Å². The van der Waals surface area contributed by atoms with Crippen molar-refractivity contribution in [2.75, 3.05) is 19.0 Å². The molecule has 32 heavy (non-hydrogen) atoms. The number of methoxy groups -OCH3 is 1. The van der Waals surface area contributed by atoms with Crippen molar-refractivity contribution in [3.63, 3.8) is 0 Å². The highest BCUT2D eigenvalue weighted by Crippen LogP contribution is 2.26. The van der Waals surface area contributed by atoms with Crippen LogP contribution in [0.3, 0.4) is 0 Å². The predicted octanol–water partition coefficient (Wildman–Crippen LogP) is 3.98. The SMILES string of the molecule is COCCn1c(-c2ccc(Cl)cc2)cnc1NCc1cc(Cl)ccc1O.O=C(O)C(=O)O. The van der Waals surface area contributed by atoms with E-state index < -0.39 is 11.9 Å². The molecule has 1 aromatic heterocycles. The van der Waals surface area contributed by atoms with Crippen molar-refractivity contribution in [2.45, 2.75) is 13.1 Å². The van der Waals surface area contributed by atoms with Gasteiger partial charge in [0.15, 0.2) is 0 Å². The number of rotatable bonds is 7. The zero-order valence-corrected chi connectivity index (χ0v) is 18.5. The molecular formula is C21H21Cl2N3O6. The van der Waals surface area contributed by atoms with E-state index in [9.17, 15) is 5.11 Å². The number of aromatic hydroxyl groups is 1. The van der Waals surface area contributed by atoms with Gasteiger partial charge < -0.3 is 29.9 Å². The molecule has 1 heterocycles. The number of nitrogens with one attached hydrogen (secondary N) is 1. The molecule has 0 amide bonds. The van der Waals surface area contributed by atoms with E-state index in [0.717, 1.165) is 11.3 Å². The zero-order chi connectivity index (χ0) is 23.7. The van der Waals surface area contributed by atoms with Crippen molar-refractivity contribution >= 4 is 41.1 Å². The second-order valence-electron chi connectivity index (χ2n) is 6.36. The van der Waals surface area contributed by atoms with Crippen LogP contribution >= 0.6 is 23.2 Å². The molecule has 0 aliphatic rings. The number of phenolic OH excluding ortho intramolecular Hbond substituents is 1. The lowest BCUT2D eigenvalue weighted by molar-refractivity contribution is -0.159. The number of nitrogens with zero attached hydrogens (tertiary/aromatic N) is 2. The van der Waals surface area contributed by atoms with Crippen molar-refractivity contribution in [1.82, 2.24) is 9.55 Å². The van der Waals surface area contributed by atoms with Gasteiger partial charge in [-0.3, -0.25) is 0 Å². The molecule has 0 spiro atoms. The summed E-state index contributed by atoms with van der Waals surface area (Å²) < 4.78 is 7.26. The third kappa shape index (κ3) is 7.16. The van der Waals surface area contributed by atoms with E-state index in [1.807, 2.05) is 28.8 Å². The van der Waals surface area contributed by atoms with Gasteiger partial charge in [-0.1, -0.05) is 35.3 Å². The molecule has 0 unspecified atom stereocenters. The number of carboxylic acid groups (broad SMARTS) is 2. The van der Waals surface area contributed by atoms with Gasteiger partial charge >= 0.3 is 11.9 Å². The van der Waals surface area contributed by atoms with Crippen molar-refractivity contribution in [3.8, 4) is 17.0 Å². The van der Waals surface area contributed by atoms with Crippen molar-refractivity contribution in [2.24, 2.45) is 0 Å². The summed E-state index contributed by atoms with van der Waals surface area (Å²) in [5, 5.41) is 29.3. The van der Waals surface area contributed by atoms with Gasteiger partial charge in [0.25, 0.3) is 0 Å². The van der Waals surface area contributed by atoms with Gasteiger partial charge in [-0.2, -0.15) is 0 Å². The number of carbonyl (C=O) groups is 2. The highest BCUT2D eigenvalue weighted by Gasteiger charge is 2.12. The van der Waals surface area contributed by atoms with Crippen LogP contribution in [0.4, 0.5) is 5.95 Å². The number of carboxylic acids is 2. The van der Waals surface area contributed by atoms with Crippen LogP contribution in [0, 0.1) is 0 Å². The van der Waals surface area contributed by atoms with E-state index in [2.05, 4.69) is 10.3 Å². The molecule has 170 valence electrons. The van der Waals surface area contributed by atoms with Crippen LogP contribution in [0.15, 0.2) is 48.7 Å². The molecule has 3 rings (SSSR count). The van der Waals surface area contributed by atoms with Crippen molar-refractivity contribution in [1.29, 1.82) is 0 Å². The van der Waals surface area contributed by atoms with E-state index in [4.69, 9.17) is 47.7 Å². The number of hydrogen-bond donors (Lipinski definition) is 4. The van der Waals surface area contributed by atoms with Crippen LogP contribution < -0.4 is 5.32 Å². The minimum Gasteiger partial charge on any atom is -0.508 e. The quantitative estimate of drug-likeness (QED) is 0.372. The summed E-state index contributed by atoms with van der Waals surface area (Å²) in [7, 11) is 1.66. The molecule has 0 saturated heterocycles. The number of phenols is 1. The lowest BCUT2D eigenvalue weighted by Crippen LogP contribution is -2.11. The lowest BCUT2D eigenvalue weighted by atomic mass is 10.2. The summed E-state index contributed by atoms with van der Waals surface area (Å²) in [6, 6.07) is 12.6. The maximum absolute atomic E-state index is 9.97. The molecule has 4 N–H and O–H groups in total. The molecule has 0 bridgehead atoms. The number of halogens is 2. The van der Waals surface area contributed by atoms with Crippen LogP contribution in [-0.2, 0) is 27.4 Å². The zero-order valence-electron chi connectivity index (χ0n) is 17.0. The fourth-order valence-electron chi connectivity index (χ4n) is 2.65. The average molecular weight is 482 g/mol. The molecule has 0 radical (unpaired) electrons. The van der Waals surface area contributed by atoms with Gasteiger partial charge in [0, 0.05) is 35.8 Å². The Bertz CT molecular complexity index is 1060. The first-order valence-electron chi connectivity index (χ1n) is 9.20. The Balaban J connectivity index is 0.000000534. The predicted molar refractivity (Wildman–Crippen MR) is 120 cm³/mol. The van der Waals surface area contributed by atoms with Gasteiger partial charge in [0.2, 0.25) is 5.95 Å². The largest absolute Gasteiger partial charge is 0.508 e. The summed E-state index contributed by atoms with van der Waals surface area (Å²) >= 11 is 12.0. The van der Waals surface area contributed by atoms with Gasteiger partial charge in [-0.25, -0.2) is 14.6 Å². The average Bonchev–Trinajstić information content (AvgIpc) is 3.16. The topological polar surface area (TPSA) is 134 Å². The summed E-state index contributed by atoms with van der Waals surface area (Å²) in [5.41, 5.74) is 2.67. The normalized spacial score (nSPS) is 10.2. The summed E-state index contributed by atoms with van der Waals surface area (Å²) in [6.07, 6.45) is 1.80. The number of aliphatic carboxylic acids is 2. The van der Waals surface area contributed by atoms with Crippen LogP contribution in [0.2, 0.25) is 10.0 Å². The molecule has 0 atom stereocenters. The van der Waals surface area contributed by atoms with Crippen LogP contribution in [0.5, 0.6) is 5.75 Å². The number of imidazole rings is 1. The number of ether oxygens (including phenoxy) is 1. The Labute approximate surface area is 193 Å². The van der Waals surface area contributed by atoms with Crippen molar-refractivity contribution < 1.29 is 29.6 Å². The molecule has 2 aromatic carbocycles. The first kappa shape index (κ1) is 25.0. The molecule has 0 aliphatic heterocycles. The third-order valence-corrected chi connectivity index (χ3v) is 4.66. The summed E-state index contributed by atoms with van der Waals surface area (Å²) in [5.74, 6) is -2.77. The molecule has 0 saturated carbocycles. The molecule has 0 fully saturated rings. The monoisotopic (exact) mass is 481 g/mol. The number of aromatic nitrogens is 2. The van der Waals surface area contributed by atoms with Gasteiger partial charge in [-0.15, -0.1) is 0 Å². The molecule has 3 aromatic rings. The maximum atomic E-state index is 9.97. The number of benzene rings is 2. The fraction of sp³-hybridized carbons (Fsp3) is 0.190. The van der Waals surface area contributed by atoms with E-state index >= 15 is 0 Å². The minimum absolute atomic E-state index is 0.190. The lowest BCUT2D eigenvalue weighted by Gasteiger charge is -2.13. The Kier molecular flexibility index (Phi) is 9.33. The Morgan fingerprint density at radius 2 is 1.69 bits per heavy atom. The van der Waals surface area contributed by atoms with E-state index in [0.29, 0.717) is 41.3 Å². The summed E-state index contributed by atoms with van der Waals surface area (Å²) in [6.45, 7) is 1.59. The highest BCUT2D eigenvalue weighted by molar-refractivity contribution is 6.31. The van der Waals surface area contributed by atoms with Gasteiger partial charge in [0.1, 0.15) is 5.75 Å². The van der Waals surface area contributed by atoms with E-state index in [1.165, 1.54) is 0 Å². The molecule has 9 nitrogen and oxygen atoms in total. The molecule has 0 aliphatic carbocycles. The molecular weight excluding hydrogens is 461 g/mol. The maximum Gasteiger partial charge on any atom is 0.414 e.